The summed E-state index contributed by atoms with van der Waals surface area (Å²) in [5.74, 6) is 1.39. The van der Waals surface area contributed by atoms with E-state index in [2.05, 4.69) is 40.2 Å². The van der Waals surface area contributed by atoms with E-state index in [4.69, 9.17) is 16.6 Å². The molecule has 0 saturated heterocycles. The van der Waals surface area contributed by atoms with Gasteiger partial charge in [0.15, 0.2) is 6.17 Å². The molecular formula is C33H35ClF3N6S+. The second kappa shape index (κ2) is 13.6. The van der Waals surface area contributed by atoms with Crippen LogP contribution in [-0.2, 0) is 6.18 Å². The van der Waals surface area contributed by atoms with Crippen molar-refractivity contribution < 1.29 is 17.7 Å². The summed E-state index contributed by atoms with van der Waals surface area (Å²) in [7, 11) is 0. The number of nitrogens with zero attached hydrogens (tertiary/aromatic N) is 4. The minimum Gasteiger partial charge on any atom is -0.275 e. The molecule has 0 fully saturated rings. The third-order valence-corrected chi connectivity index (χ3v) is 9.09. The molecule has 0 amide bonds. The standard InChI is InChI=1S/C33H34ClF3N6S/c1-4-10-26-31-42(15-5-2)41-32(39-23-11-8-7-9-12-23)43(31)27-18-21(20-38)17-25(34)29(27)30(40-26)24-19-22(33(35,36)37)13-14-28(24)44-16-6-3/h7-9,11-14,17-19,26,31H,4-6,10,15-16H2,1-3H3,(H,39,41)/p+1. The summed E-state index contributed by atoms with van der Waals surface area (Å²) in [5, 5.41) is 15.8. The zero-order valence-corrected chi connectivity index (χ0v) is 26.5. The van der Waals surface area contributed by atoms with Crippen LogP contribution in [0.3, 0.4) is 0 Å². The number of hydrogen-bond donors (Lipinski definition) is 2. The minimum absolute atomic E-state index is 0.255. The molecule has 2 N–H and O–H groups in total. The highest BCUT2D eigenvalue weighted by Crippen LogP contribution is 2.41. The van der Waals surface area contributed by atoms with Crippen molar-refractivity contribution in [2.45, 2.75) is 69.7 Å². The van der Waals surface area contributed by atoms with E-state index in [0.29, 0.717) is 51.9 Å². The third kappa shape index (κ3) is 6.46. The highest BCUT2D eigenvalue weighted by molar-refractivity contribution is 7.99. The summed E-state index contributed by atoms with van der Waals surface area (Å²) in [6.45, 7) is 6.89. The fourth-order valence-corrected chi connectivity index (χ4v) is 6.87. The van der Waals surface area contributed by atoms with Gasteiger partial charge in [-0.2, -0.15) is 23.9 Å². The van der Waals surface area contributed by atoms with Gasteiger partial charge in [0.05, 0.1) is 39.2 Å². The lowest BCUT2D eigenvalue weighted by atomic mass is 9.97. The Kier molecular flexibility index (Phi) is 9.88. The predicted molar refractivity (Wildman–Crippen MR) is 172 cm³/mol. The molecule has 2 atom stereocenters. The Bertz CT molecular complexity index is 1620. The van der Waals surface area contributed by atoms with E-state index in [1.165, 1.54) is 17.8 Å². The van der Waals surface area contributed by atoms with Gasteiger partial charge in [-0.1, -0.05) is 57.0 Å². The topological polar surface area (TPSA) is 66.5 Å². The van der Waals surface area contributed by atoms with Crippen LogP contribution in [-0.4, -0.2) is 45.8 Å². The molecule has 0 spiro atoms. The molecule has 0 saturated carbocycles. The lowest BCUT2D eigenvalue weighted by Crippen LogP contribution is -2.48. The number of para-hydroxylation sites is 1. The molecule has 0 aromatic heterocycles. The molecule has 5 rings (SSSR count). The van der Waals surface area contributed by atoms with Crippen LogP contribution in [0, 0.1) is 11.3 Å². The van der Waals surface area contributed by atoms with E-state index >= 15 is 0 Å². The first-order valence-corrected chi connectivity index (χ1v) is 16.2. The lowest BCUT2D eigenvalue weighted by Gasteiger charge is -2.26. The van der Waals surface area contributed by atoms with E-state index in [1.54, 1.807) is 18.2 Å². The maximum Gasteiger partial charge on any atom is 0.416 e. The molecule has 11 heteroatoms. The van der Waals surface area contributed by atoms with Crippen molar-refractivity contribution in [3.63, 3.8) is 0 Å². The van der Waals surface area contributed by atoms with Crippen LogP contribution in [0.25, 0.3) is 0 Å². The summed E-state index contributed by atoms with van der Waals surface area (Å²) in [4.78, 5) is 6.01. The molecule has 2 heterocycles. The van der Waals surface area contributed by atoms with Crippen molar-refractivity contribution in [3.8, 4) is 6.07 Å². The number of benzene rings is 3. The third-order valence-electron chi connectivity index (χ3n) is 7.52. The molecule has 0 bridgehead atoms. The van der Waals surface area contributed by atoms with Crippen molar-refractivity contribution >= 4 is 46.4 Å². The van der Waals surface area contributed by atoms with E-state index in [-0.39, 0.29) is 17.2 Å². The van der Waals surface area contributed by atoms with Gasteiger partial charge in [0.1, 0.15) is 11.7 Å². The Morgan fingerprint density at radius 3 is 2.50 bits per heavy atom. The number of aliphatic imine (C=N–C) groups is 1. The molecule has 3 aromatic carbocycles. The van der Waals surface area contributed by atoms with Gasteiger partial charge in [-0.05, 0) is 67.5 Å². The van der Waals surface area contributed by atoms with Crippen molar-refractivity contribution in [3.05, 3.63) is 87.9 Å². The molecule has 0 radical (unpaired) electrons. The van der Waals surface area contributed by atoms with Gasteiger partial charge in [-0.25, -0.2) is 9.89 Å². The van der Waals surface area contributed by atoms with E-state index in [9.17, 15) is 18.4 Å². The van der Waals surface area contributed by atoms with Gasteiger partial charge >= 0.3 is 12.1 Å². The first-order chi connectivity index (χ1) is 21.2. The number of fused-ring (bicyclic) bond motifs is 3. The molecule has 2 aliphatic rings. The Labute approximate surface area is 265 Å². The molecule has 230 valence electrons. The number of thioether (sulfide) groups is 1. The Hall–Kier alpha value is -3.52. The molecule has 2 aliphatic heterocycles. The number of nitriles is 1. The predicted octanol–water partition coefficient (Wildman–Crippen LogP) is 8.42. The summed E-state index contributed by atoms with van der Waals surface area (Å²) in [6, 6.07) is 18.8. The second-order valence-corrected chi connectivity index (χ2v) is 12.3. The fraction of sp³-hybridized carbons (Fsp3) is 0.364. The summed E-state index contributed by atoms with van der Waals surface area (Å²) in [6.07, 6.45) is -1.67. The van der Waals surface area contributed by atoms with Gasteiger partial charge in [-0.15, -0.1) is 16.8 Å². The average Bonchev–Trinajstić information content (AvgIpc) is 3.27. The summed E-state index contributed by atoms with van der Waals surface area (Å²) < 4.78 is 44.4. The number of nitrogens with one attached hydrogen (secondary N) is 2. The number of anilines is 1. The number of alkyl halides is 3. The first kappa shape index (κ1) is 31.9. The van der Waals surface area contributed by atoms with Gasteiger partial charge in [0.2, 0.25) is 0 Å². The van der Waals surface area contributed by atoms with Gasteiger partial charge in [-0.3, -0.25) is 4.99 Å². The maximum atomic E-state index is 14.1. The quantitative estimate of drug-likeness (QED) is 0.182. The lowest BCUT2D eigenvalue weighted by molar-refractivity contribution is -0.503. The van der Waals surface area contributed by atoms with Crippen LogP contribution in [0.15, 0.2) is 70.6 Å². The molecule has 0 aliphatic carbocycles. The summed E-state index contributed by atoms with van der Waals surface area (Å²) >= 11 is 8.50. The van der Waals surface area contributed by atoms with Gasteiger partial charge < -0.3 is 0 Å². The first-order valence-electron chi connectivity index (χ1n) is 14.9. The zero-order chi connectivity index (χ0) is 31.4. The van der Waals surface area contributed by atoms with Crippen LogP contribution in [0.1, 0.15) is 68.7 Å². The van der Waals surface area contributed by atoms with Gasteiger partial charge in [0.25, 0.3) is 0 Å². The maximum absolute atomic E-state index is 14.1. The number of halogens is 4. The monoisotopic (exact) mass is 639 g/mol. The number of hydrazine groups is 1. The van der Waals surface area contributed by atoms with Gasteiger partial charge in [0, 0.05) is 17.0 Å². The molecule has 6 nitrogen and oxygen atoms in total. The highest BCUT2D eigenvalue weighted by Gasteiger charge is 2.47. The average molecular weight is 640 g/mol. The Balaban J connectivity index is 1.84. The van der Waals surface area contributed by atoms with Crippen LogP contribution in [0.5, 0.6) is 0 Å². The SMILES string of the molecule is CCCSc1ccc(C(F)(F)F)cc1C1=NC(CCC)C2N(CCC)NC(Nc3ccccc3)=[N+]2c2cc(C#N)cc(Cl)c21. The largest absolute Gasteiger partial charge is 0.416 e. The van der Waals surface area contributed by atoms with Crippen LogP contribution in [0.2, 0.25) is 5.02 Å². The van der Waals surface area contributed by atoms with Crippen molar-refractivity contribution in [1.29, 1.82) is 5.26 Å². The van der Waals surface area contributed by atoms with Crippen LogP contribution >= 0.6 is 23.4 Å². The molecule has 3 aromatic rings. The van der Waals surface area contributed by atoms with Crippen molar-refractivity contribution in [1.82, 2.24) is 10.4 Å². The minimum atomic E-state index is -4.53. The van der Waals surface area contributed by atoms with E-state index in [0.717, 1.165) is 36.8 Å². The normalized spacial score (nSPS) is 18.2. The van der Waals surface area contributed by atoms with E-state index in [1.807, 2.05) is 37.3 Å². The second-order valence-electron chi connectivity index (χ2n) is 10.8. The zero-order valence-electron chi connectivity index (χ0n) is 24.9. The fourth-order valence-electron chi connectivity index (χ4n) is 5.67. The van der Waals surface area contributed by atoms with Crippen LogP contribution in [0.4, 0.5) is 24.5 Å². The molecule has 44 heavy (non-hydrogen) atoms. The molecule has 2 unspecified atom stereocenters. The highest BCUT2D eigenvalue weighted by atomic mass is 35.5. The van der Waals surface area contributed by atoms with Crippen molar-refractivity contribution in [2.75, 3.05) is 17.6 Å². The smallest absolute Gasteiger partial charge is 0.275 e. The Morgan fingerprint density at radius 2 is 1.84 bits per heavy atom. The number of rotatable bonds is 9. The summed E-state index contributed by atoms with van der Waals surface area (Å²) in [5.41, 5.74) is 5.89. The molecular weight excluding hydrogens is 605 g/mol. The number of guanidine groups is 1. The van der Waals surface area contributed by atoms with Crippen molar-refractivity contribution in [2.24, 2.45) is 4.99 Å². The van der Waals surface area contributed by atoms with E-state index < -0.39 is 11.7 Å². The van der Waals surface area contributed by atoms with Crippen LogP contribution < -0.4 is 10.7 Å². The number of hydrogen-bond acceptors (Lipinski definition) is 6. The Morgan fingerprint density at radius 1 is 1.07 bits per heavy atom.